The van der Waals surface area contributed by atoms with Gasteiger partial charge in [0.2, 0.25) is 0 Å². The van der Waals surface area contributed by atoms with E-state index in [1.807, 2.05) is 0 Å². The molecule has 1 N–H and O–H groups in total. The minimum atomic E-state index is -2.34. The van der Waals surface area contributed by atoms with Gasteiger partial charge in [-0.15, -0.1) is 0 Å². The maximum Gasteiger partial charge on any atom is 0.352 e. The van der Waals surface area contributed by atoms with Crippen LogP contribution in [-0.4, -0.2) is 20.7 Å². The molecule has 0 fully saturated rings. The molecule has 0 spiro atoms. The Morgan fingerprint density at radius 3 is 2.54 bits per heavy atom. The van der Waals surface area contributed by atoms with Crippen molar-refractivity contribution in [3.63, 3.8) is 0 Å². The number of hydrogen-bond donors (Lipinski definition) is 1. The van der Waals surface area contributed by atoms with Gasteiger partial charge in [-0.05, 0) is 0 Å². The van der Waals surface area contributed by atoms with Crippen molar-refractivity contribution in [2.24, 2.45) is 0 Å². The Morgan fingerprint density at radius 1 is 1.46 bits per heavy atom. The van der Waals surface area contributed by atoms with E-state index in [-0.39, 0.29) is 6.42 Å². The maximum absolute atomic E-state index is 10.3. The van der Waals surface area contributed by atoms with Crippen LogP contribution in [-0.2, 0) is 0 Å². The lowest BCUT2D eigenvalue weighted by Gasteiger charge is -2.14. The molecule has 0 aromatic heterocycles. The van der Waals surface area contributed by atoms with Crippen molar-refractivity contribution >= 4 is 0 Å². The molecule has 1 aliphatic rings. The van der Waals surface area contributed by atoms with Crippen molar-refractivity contribution in [3.8, 4) is 0 Å². The minimum Gasteiger partial charge on any atom is -0.327 e. The number of nitro groups is 2. The summed E-state index contributed by atoms with van der Waals surface area (Å²) in [5.74, 6) is 0. The van der Waals surface area contributed by atoms with Crippen molar-refractivity contribution in [1.29, 1.82) is 0 Å². The summed E-state index contributed by atoms with van der Waals surface area (Å²) in [6, 6.07) is 0. The molecule has 0 aromatic rings. The van der Waals surface area contributed by atoms with Gasteiger partial charge in [-0.1, -0.05) is 6.08 Å². The molecule has 7 heteroatoms. The van der Waals surface area contributed by atoms with E-state index in [1.54, 1.807) is 0 Å². The van der Waals surface area contributed by atoms with E-state index in [1.165, 1.54) is 6.08 Å². The Kier molecular flexibility index (Phi) is 2.11. The molecular weight excluding hydrogens is 180 g/mol. The normalized spacial score (nSPS) is 26.7. The first-order valence-electron chi connectivity index (χ1n) is 3.36. The van der Waals surface area contributed by atoms with E-state index in [0.29, 0.717) is 6.08 Å². The van der Waals surface area contributed by atoms with Crippen LogP contribution in [0.25, 0.3) is 0 Å². The second kappa shape index (κ2) is 2.94. The highest BCUT2D eigenvalue weighted by Gasteiger charge is 2.41. The van der Waals surface area contributed by atoms with Gasteiger partial charge in [0.1, 0.15) is 0 Å². The highest BCUT2D eigenvalue weighted by Crippen LogP contribution is 2.21. The topological polar surface area (TPSA) is 107 Å². The summed E-state index contributed by atoms with van der Waals surface area (Å²) in [6.45, 7) is 0. The van der Waals surface area contributed by atoms with Gasteiger partial charge in [0.15, 0.2) is 0 Å². The van der Waals surface area contributed by atoms with E-state index in [4.69, 9.17) is 0 Å². The van der Waals surface area contributed by atoms with Crippen LogP contribution in [0.5, 0.6) is 0 Å². The number of rotatable bonds is 2. The summed E-state index contributed by atoms with van der Waals surface area (Å²) in [4.78, 5) is 18.8. The van der Waals surface area contributed by atoms with Crippen molar-refractivity contribution in [3.05, 3.63) is 44.2 Å². The first kappa shape index (κ1) is 9.33. The fourth-order valence-corrected chi connectivity index (χ4v) is 0.938. The summed E-state index contributed by atoms with van der Waals surface area (Å²) in [5.41, 5.74) is -2.80. The zero-order valence-electron chi connectivity index (χ0n) is 6.41. The van der Waals surface area contributed by atoms with Gasteiger partial charge < -0.3 is 5.11 Å². The van der Waals surface area contributed by atoms with Gasteiger partial charge >= 0.3 is 5.72 Å². The van der Waals surface area contributed by atoms with Crippen LogP contribution in [0.4, 0.5) is 0 Å². The molecule has 0 aromatic carbocycles. The molecule has 0 heterocycles. The first-order valence-corrected chi connectivity index (χ1v) is 3.36. The van der Waals surface area contributed by atoms with Crippen LogP contribution in [0.15, 0.2) is 23.9 Å². The number of allylic oxidation sites excluding steroid dienone is 1. The van der Waals surface area contributed by atoms with Crippen molar-refractivity contribution < 1.29 is 15.0 Å². The molecule has 1 unspecified atom stereocenters. The number of nitrogens with zero attached hydrogens (tertiary/aromatic N) is 2. The molecule has 13 heavy (non-hydrogen) atoms. The fourth-order valence-electron chi connectivity index (χ4n) is 0.938. The summed E-state index contributed by atoms with van der Waals surface area (Å²) in [6.07, 6.45) is 2.70. The lowest BCUT2D eigenvalue weighted by molar-refractivity contribution is -0.608. The molecule has 1 aliphatic carbocycles. The van der Waals surface area contributed by atoms with Gasteiger partial charge in [0, 0.05) is 6.08 Å². The molecule has 0 bridgehead atoms. The van der Waals surface area contributed by atoms with E-state index < -0.39 is 21.3 Å². The molecule has 0 radical (unpaired) electrons. The summed E-state index contributed by atoms with van der Waals surface area (Å²) in [7, 11) is 0. The fraction of sp³-hybridized carbons (Fsp3) is 0.333. The Bertz CT molecular complexity index is 321. The third-order valence-electron chi connectivity index (χ3n) is 1.61. The largest absolute Gasteiger partial charge is 0.352 e. The van der Waals surface area contributed by atoms with Gasteiger partial charge in [-0.25, -0.2) is 0 Å². The van der Waals surface area contributed by atoms with Crippen LogP contribution >= 0.6 is 0 Å². The lowest BCUT2D eigenvalue weighted by atomic mass is 10.0. The SMILES string of the molecule is O=[N+]([O-])C1=CC(O)([N+](=O)[O-])CC=C1. The standard InChI is InChI=1S/C6H6N2O5/c9-6(8(12)13)3-1-2-5(4-6)7(10)11/h1-2,4,9H,3H2. The molecule has 0 saturated heterocycles. The molecule has 1 atom stereocenters. The molecule has 0 aliphatic heterocycles. The molecule has 0 saturated carbocycles. The smallest absolute Gasteiger partial charge is 0.327 e. The van der Waals surface area contributed by atoms with Crippen molar-refractivity contribution in [2.75, 3.05) is 0 Å². The Morgan fingerprint density at radius 2 is 2.08 bits per heavy atom. The average molecular weight is 186 g/mol. The van der Waals surface area contributed by atoms with Gasteiger partial charge in [0.25, 0.3) is 5.70 Å². The zero-order chi connectivity index (χ0) is 10.1. The van der Waals surface area contributed by atoms with Gasteiger partial charge in [-0.2, -0.15) is 0 Å². The zero-order valence-corrected chi connectivity index (χ0v) is 6.41. The Balaban J connectivity index is 3.02. The Labute approximate surface area is 72.3 Å². The van der Waals surface area contributed by atoms with E-state index in [9.17, 15) is 25.3 Å². The predicted molar refractivity (Wildman–Crippen MR) is 40.8 cm³/mol. The minimum absolute atomic E-state index is 0.253. The monoisotopic (exact) mass is 186 g/mol. The molecule has 0 amide bonds. The van der Waals surface area contributed by atoms with E-state index >= 15 is 0 Å². The second-order valence-corrected chi connectivity index (χ2v) is 2.57. The van der Waals surface area contributed by atoms with Crippen LogP contribution in [0.2, 0.25) is 0 Å². The summed E-state index contributed by atoms with van der Waals surface area (Å²) in [5, 5.41) is 29.8. The number of hydrogen-bond acceptors (Lipinski definition) is 5. The third-order valence-corrected chi connectivity index (χ3v) is 1.61. The first-order chi connectivity index (χ1) is 5.96. The second-order valence-electron chi connectivity index (χ2n) is 2.57. The maximum atomic E-state index is 10.3. The molecular formula is C6H6N2O5. The summed E-state index contributed by atoms with van der Waals surface area (Å²) >= 11 is 0. The highest BCUT2D eigenvalue weighted by molar-refractivity contribution is 5.20. The van der Waals surface area contributed by atoms with Crippen LogP contribution in [0, 0.1) is 20.2 Å². The van der Waals surface area contributed by atoms with Crippen LogP contribution in [0.1, 0.15) is 6.42 Å². The third kappa shape index (κ3) is 1.70. The average Bonchev–Trinajstić information content (AvgIpc) is 2.04. The van der Waals surface area contributed by atoms with E-state index in [2.05, 4.69) is 0 Å². The quantitative estimate of drug-likeness (QED) is 0.373. The van der Waals surface area contributed by atoms with Gasteiger partial charge in [0.05, 0.1) is 22.3 Å². The lowest BCUT2D eigenvalue weighted by Crippen LogP contribution is -2.37. The molecule has 1 rings (SSSR count). The van der Waals surface area contributed by atoms with Crippen LogP contribution < -0.4 is 0 Å². The van der Waals surface area contributed by atoms with Crippen molar-refractivity contribution in [2.45, 2.75) is 12.1 Å². The highest BCUT2D eigenvalue weighted by atomic mass is 16.7. The Hall–Kier alpha value is -1.76. The van der Waals surface area contributed by atoms with Crippen LogP contribution in [0.3, 0.4) is 0 Å². The van der Waals surface area contributed by atoms with Crippen molar-refractivity contribution in [1.82, 2.24) is 0 Å². The predicted octanol–water partition coefficient (Wildman–Crippen LogP) is 0.0722. The number of aliphatic hydroxyl groups is 1. The molecule has 7 nitrogen and oxygen atoms in total. The summed E-state index contributed by atoms with van der Waals surface area (Å²) < 4.78 is 0. The van der Waals surface area contributed by atoms with Gasteiger partial charge in [-0.3, -0.25) is 20.2 Å². The van der Waals surface area contributed by atoms with E-state index in [0.717, 1.165) is 6.08 Å². The molecule has 70 valence electrons.